The molecule has 2 aromatic carbocycles. The molecule has 5 nitrogen and oxygen atoms in total. The lowest BCUT2D eigenvalue weighted by atomic mass is 10.0. The van der Waals surface area contributed by atoms with Crippen molar-refractivity contribution < 1.29 is 19.7 Å². The molecule has 0 amide bonds. The molecule has 2 N–H and O–H groups in total. The lowest BCUT2D eigenvalue weighted by molar-refractivity contribution is 0.356. The molecule has 1 heterocycles. The minimum atomic E-state index is 0.187. The molecule has 0 fully saturated rings. The van der Waals surface area contributed by atoms with Gasteiger partial charge in [-0.15, -0.1) is 0 Å². The van der Waals surface area contributed by atoms with Gasteiger partial charge < -0.3 is 19.7 Å². The van der Waals surface area contributed by atoms with Gasteiger partial charge in [-0.1, -0.05) is 6.07 Å². The van der Waals surface area contributed by atoms with E-state index in [4.69, 9.17) is 12.3 Å². The summed E-state index contributed by atoms with van der Waals surface area (Å²) in [6.07, 6.45) is 2.27. The largest absolute Gasteiger partial charge is 0.504 e. The van der Waals surface area contributed by atoms with Gasteiger partial charge in [-0.3, -0.25) is 4.98 Å². The van der Waals surface area contributed by atoms with Gasteiger partial charge in [0.25, 0.3) is 2.86 Å². The maximum absolute atomic E-state index is 7.08. The molecule has 3 aromatic rings. The van der Waals surface area contributed by atoms with Crippen molar-refractivity contribution in [2.24, 2.45) is 0 Å². The Labute approximate surface area is 136 Å². The van der Waals surface area contributed by atoms with E-state index < -0.39 is 0 Å². The highest BCUT2D eigenvalue weighted by atomic mass is 16.5. The van der Waals surface area contributed by atoms with Crippen LogP contribution in [0.15, 0.2) is 42.6 Å². The van der Waals surface area contributed by atoms with Crippen LogP contribution in [0.5, 0.6) is 23.0 Å². The van der Waals surface area contributed by atoms with Crippen molar-refractivity contribution in [1.29, 1.82) is 2.86 Å². The summed E-state index contributed by atoms with van der Waals surface area (Å²) in [5, 5.41) is 10.9. The van der Waals surface area contributed by atoms with E-state index in [9.17, 15) is 0 Å². The van der Waals surface area contributed by atoms with Crippen LogP contribution in [0, 0.1) is 0 Å². The molecule has 3 rings (SSSR count). The predicted octanol–water partition coefficient (Wildman–Crippen LogP) is 3.25. The molecular formula is C18H17NO4. The van der Waals surface area contributed by atoms with Gasteiger partial charge in [-0.25, -0.2) is 0 Å². The van der Waals surface area contributed by atoms with Crippen LogP contribution in [0.25, 0.3) is 10.8 Å². The zero-order chi connectivity index (χ0) is 17.8. The average Bonchev–Trinajstić information content (AvgIpc) is 2.66. The van der Waals surface area contributed by atoms with Crippen molar-refractivity contribution in [3.63, 3.8) is 0 Å². The van der Waals surface area contributed by atoms with Crippen LogP contribution >= 0.6 is 0 Å². The van der Waals surface area contributed by atoms with Crippen LogP contribution in [-0.4, -0.2) is 32.3 Å². The Hall–Kier alpha value is -2.95. The van der Waals surface area contributed by atoms with Gasteiger partial charge in [0.1, 0.15) is 0 Å². The Morgan fingerprint density at radius 3 is 2.52 bits per heavy atom. The van der Waals surface area contributed by atoms with E-state index in [0.29, 0.717) is 17.9 Å². The molecule has 0 saturated heterocycles. The Morgan fingerprint density at radius 2 is 1.78 bits per heavy atom. The third kappa shape index (κ3) is 2.85. The quantitative estimate of drug-likeness (QED) is 0.684. The maximum Gasteiger partial charge on any atom is 0.293 e. The van der Waals surface area contributed by atoms with E-state index in [1.54, 1.807) is 32.5 Å². The van der Waals surface area contributed by atoms with E-state index in [1.807, 2.05) is 24.3 Å². The molecule has 0 aliphatic heterocycles. The predicted molar refractivity (Wildman–Crippen MR) is 87.4 cm³/mol. The van der Waals surface area contributed by atoms with Crippen molar-refractivity contribution in [2.45, 2.75) is 6.42 Å². The van der Waals surface area contributed by atoms with Crippen molar-refractivity contribution in [1.82, 2.24) is 4.98 Å². The van der Waals surface area contributed by atoms with Gasteiger partial charge in [-0.2, -0.15) is 0 Å². The van der Waals surface area contributed by atoms with Crippen molar-refractivity contribution >= 4 is 10.8 Å². The van der Waals surface area contributed by atoms with Crippen LogP contribution < -0.4 is 9.47 Å². The van der Waals surface area contributed by atoms with Crippen LogP contribution in [0.3, 0.4) is 0 Å². The Kier molecular flexibility index (Phi) is 3.30. The van der Waals surface area contributed by atoms with Crippen molar-refractivity contribution in [3.8, 4) is 23.0 Å². The normalized spacial score (nSPS) is 11.6. The molecule has 0 aliphatic rings. The van der Waals surface area contributed by atoms with E-state index in [1.165, 1.54) is 0 Å². The highest BCUT2D eigenvalue weighted by Gasteiger charge is 2.11. The molecule has 5 heteroatoms. The first-order chi connectivity index (χ1) is 12.2. The number of fused-ring (bicyclic) bond motifs is 1. The molecule has 0 spiro atoms. The summed E-state index contributed by atoms with van der Waals surface area (Å²) in [6.45, 7) is 0. The van der Waals surface area contributed by atoms with E-state index in [2.05, 4.69) is 15.2 Å². The number of aromatic nitrogens is 1. The summed E-state index contributed by atoms with van der Waals surface area (Å²) >= 11 is 0. The molecule has 118 valence electrons. The minimum absolute atomic E-state index is 0.187. The fourth-order valence-corrected chi connectivity index (χ4v) is 2.56. The maximum atomic E-state index is 7.08. The summed E-state index contributed by atoms with van der Waals surface area (Å²) in [5.41, 5.74) is 1.74. The first-order valence-electron chi connectivity index (χ1n) is 7.90. The SMILES string of the molecule is [2H]Oc1ccc(Cc2nccc3cc(OC)c(OC)cc23)cc1O[2H]. The molecular weight excluding hydrogens is 294 g/mol. The second-order valence-corrected chi connectivity index (χ2v) is 5.14. The summed E-state index contributed by atoms with van der Waals surface area (Å²) in [4.78, 5) is 4.48. The highest BCUT2D eigenvalue weighted by molar-refractivity contribution is 5.88. The van der Waals surface area contributed by atoms with Gasteiger partial charge >= 0.3 is 0 Å². The molecule has 1 aromatic heterocycles. The summed E-state index contributed by atoms with van der Waals surface area (Å²) in [5.74, 6) is 1.68. The number of nitrogens with zero attached hydrogens (tertiary/aromatic N) is 1. The number of aromatic hydroxyl groups is 2. The monoisotopic (exact) mass is 313 g/mol. The Bertz CT molecular complexity index is 902. The number of ether oxygens (including phenoxy) is 2. The number of benzene rings is 2. The van der Waals surface area contributed by atoms with E-state index >= 15 is 0 Å². The number of hydrogen-bond acceptors (Lipinski definition) is 5. The van der Waals surface area contributed by atoms with Crippen LogP contribution in [0.1, 0.15) is 11.3 Å². The standard InChI is InChI=1S/C18H17NO4/c1-22-17-9-12-5-6-19-14(13(12)10-18(17)23-2)7-11-3-4-15(20)16(21)8-11/h3-6,8-10,20-21H,7H2,1-2H3/i/hD2. The fraction of sp³-hybridized carbons (Fsp3) is 0.167. The molecule has 0 atom stereocenters. The van der Waals surface area contributed by atoms with Crippen LogP contribution in [0.2, 0.25) is 0 Å². The summed E-state index contributed by atoms with van der Waals surface area (Å²) in [6, 6.07) is 10.8. The lowest BCUT2D eigenvalue weighted by Crippen LogP contribution is -1.96. The summed E-state index contributed by atoms with van der Waals surface area (Å²) < 4.78 is 24.8. The zero-order valence-corrected chi connectivity index (χ0v) is 12.8. The smallest absolute Gasteiger partial charge is 0.293 e. The second kappa shape index (κ2) is 6.04. The number of phenolic OH excluding ortho intramolecular Hbond substituents is 2. The molecule has 0 radical (unpaired) electrons. The number of hydrogen-bond donors (Lipinski definition) is 2. The molecule has 0 bridgehead atoms. The van der Waals surface area contributed by atoms with Gasteiger partial charge in [0, 0.05) is 18.0 Å². The molecule has 0 saturated carbocycles. The van der Waals surface area contributed by atoms with E-state index in [0.717, 1.165) is 22.0 Å². The van der Waals surface area contributed by atoms with Gasteiger partial charge in [0.05, 0.1) is 19.9 Å². The van der Waals surface area contributed by atoms with Crippen LogP contribution in [-0.2, 0) is 6.42 Å². The number of pyridine rings is 1. The second-order valence-electron chi connectivity index (χ2n) is 5.14. The summed E-state index contributed by atoms with van der Waals surface area (Å²) in [7, 11) is 3.20. The zero-order valence-electron chi connectivity index (χ0n) is 14.8. The first-order valence-corrected chi connectivity index (χ1v) is 7.09. The minimum Gasteiger partial charge on any atom is -0.504 e. The van der Waals surface area contributed by atoms with Gasteiger partial charge in [-0.05, 0) is 41.3 Å². The number of rotatable bonds is 6. The van der Waals surface area contributed by atoms with Crippen molar-refractivity contribution in [2.75, 3.05) is 14.2 Å². The van der Waals surface area contributed by atoms with Gasteiger partial charge in [0.15, 0.2) is 23.0 Å². The Morgan fingerprint density at radius 1 is 1.00 bits per heavy atom. The molecule has 23 heavy (non-hydrogen) atoms. The van der Waals surface area contributed by atoms with Crippen LogP contribution in [0.4, 0.5) is 0 Å². The average molecular weight is 313 g/mol. The molecule has 0 unspecified atom stereocenters. The highest BCUT2D eigenvalue weighted by Crippen LogP contribution is 2.34. The molecule has 0 aliphatic carbocycles. The van der Waals surface area contributed by atoms with Gasteiger partial charge in [0.2, 0.25) is 0 Å². The van der Waals surface area contributed by atoms with Crippen molar-refractivity contribution in [3.05, 3.63) is 53.9 Å². The number of methoxy groups -OCH3 is 2. The lowest BCUT2D eigenvalue weighted by Gasteiger charge is -2.12. The Balaban J connectivity index is 2.04. The number of phenols is 2. The first kappa shape index (κ1) is 12.6. The van der Waals surface area contributed by atoms with E-state index in [-0.39, 0.29) is 11.5 Å². The fourth-order valence-electron chi connectivity index (χ4n) is 2.56. The third-order valence-corrected chi connectivity index (χ3v) is 3.73. The third-order valence-electron chi connectivity index (χ3n) is 3.73. The topological polar surface area (TPSA) is 71.8 Å².